The third-order valence-corrected chi connectivity index (χ3v) is 4.87. The maximum absolute atomic E-state index is 12.9. The molecule has 0 fully saturated rings. The Balaban J connectivity index is 2.22. The molecule has 2 aromatic heterocycles. The van der Waals surface area contributed by atoms with Gasteiger partial charge in [-0.3, -0.25) is 13.8 Å². The summed E-state index contributed by atoms with van der Waals surface area (Å²) in [6.07, 6.45) is 2.77. The third kappa shape index (κ3) is 3.21. The van der Waals surface area contributed by atoms with Crippen molar-refractivity contribution in [3.05, 3.63) is 46.2 Å². The molecule has 5 nitrogen and oxygen atoms in total. The Labute approximate surface area is 149 Å². The standard InChI is InChI=1S/C17H19ClN4OS/c1-12(2)8-10-21-15(23)13-6-3-4-7-14(13)22-16(21)19-20-17(22)24-11-5-9-18/h3-7,9,12H,8,10-11H2,1-2H3/b9-5+. The van der Waals surface area contributed by atoms with Crippen LogP contribution in [-0.4, -0.2) is 24.9 Å². The summed E-state index contributed by atoms with van der Waals surface area (Å²) in [6.45, 7) is 4.93. The van der Waals surface area contributed by atoms with Gasteiger partial charge in [-0.05, 0) is 24.5 Å². The van der Waals surface area contributed by atoms with Crippen LogP contribution in [0.5, 0.6) is 0 Å². The van der Waals surface area contributed by atoms with Gasteiger partial charge in [0.15, 0.2) is 5.16 Å². The van der Waals surface area contributed by atoms with E-state index in [0.717, 1.165) is 17.1 Å². The van der Waals surface area contributed by atoms with Crippen molar-refractivity contribution in [3.63, 3.8) is 0 Å². The van der Waals surface area contributed by atoms with E-state index >= 15 is 0 Å². The quantitative estimate of drug-likeness (QED) is 0.623. The van der Waals surface area contributed by atoms with Crippen LogP contribution in [0.1, 0.15) is 20.3 Å². The Morgan fingerprint density at radius 1 is 1.29 bits per heavy atom. The second kappa shape index (κ2) is 7.40. The zero-order chi connectivity index (χ0) is 17.1. The third-order valence-electron chi connectivity index (χ3n) is 3.81. The van der Waals surface area contributed by atoms with Crippen molar-refractivity contribution in [1.29, 1.82) is 0 Å². The Hall–Kier alpha value is -1.79. The lowest BCUT2D eigenvalue weighted by atomic mass is 10.1. The van der Waals surface area contributed by atoms with Gasteiger partial charge >= 0.3 is 0 Å². The molecule has 0 amide bonds. The highest BCUT2D eigenvalue weighted by Gasteiger charge is 2.16. The average Bonchev–Trinajstić information content (AvgIpc) is 2.99. The molecule has 0 atom stereocenters. The minimum Gasteiger partial charge on any atom is -0.276 e. The van der Waals surface area contributed by atoms with Crippen molar-refractivity contribution in [2.45, 2.75) is 32.0 Å². The van der Waals surface area contributed by atoms with E-state index in [1.807, 2.05) is 34.7 Å². The van der Waals surface area contributed by atoms with E-state index in [-0.39, 0.29) is 5.56 Å². The maximum atomic E-state index is 12.9. The summed E-state index contributed by atoms with van der Waals surface area (Å²) in [5.74, 6) is 1.80. The molecule has 7 heteroatoms. The Kier molecular flexibility index (Phi) is 5.26. The molecule has 0 aliphatic heterocycles. The fourth-order valence-corrected chi connectivity index (χ4v) is 3.52. The monoisotopic (exact) mass is 362 g/mol. The molecule has 0 N–H and O–H groups in total. The number of rotatable bonds is 6. The number of para-hydroxylation sites is 1. The van der Waals surface area contributed by atoms with Crippen molar-refractivity contribution in [2.24, 2.45) is 5.92 Å². The van der Waals surface area contributed by atoms with Crippen molar-refractivity contribution in [1.82, 2.24) is 19.2 Å². The maximum Gasteiger partial charge on any atom is 0.262 e. The van der Waals surface area contributed by atoms with Crippen LogP contribution in [0.3, 0.4) is 0 Å². The van der Waals surface area contributed by atoms with Crippen LogP contribution in [-0.2, 0) is 6.54 Å². The van der Waals surface area contributed by atoms with E-state index in [0.29, 0.717) is 29.4 Å². The van der Waals surface area contributed by atoms with Gasteiger partial charge in [0.1, 0.15) is 0 Å². The lowest BCUT2D eigenvalue weighted by molar-refractivity contribution is 0.512. The fraction of sp³-hybridized carbons (Fsp3) is 0.353. The molecule has 24 heavy (non-hydrogen) atoms. The highest BCUT2D eigenvalue weighted by Crippen LogP contribution is 2.22. The molecule has 0 aliphatic rings. The summed E-state index contributed by atoms with van der Waals surface area (Å²) in [6, 6.07) is 7.60. The molecule has 0 radical (unpaired) electrons. The lowest BCUT2D eigenvalue weighted by Gasteiger charge is -2.12. The average molecular weight is 363 g/mol. The molecule has 126 valence electrons. The molecule has 2 heterocycles. The van der Waals surface area contributed by atoms with Crippen LogP contribution in [0.4, 0.5) is 0 Å². The van der Waals surface area contributed by atoms with Crippen LogP contribution in [0, 0.1) is 5.92 Å². The largest absolute Gasteiger partial charge is 0.276 e. The Bertz CT molecular complexity index is 945. The van der Waals surface area contributed by atoms with Crippen LogP contribution >= 0.6 is 23.4 Å². The topological polar surface area (TPSA) is 52.2 Å². The molecule has 0 saturated carbocycles. The van der Waals surface area contributed by atoms with Gasteiger partial charge in [0.25, 0.3) is 5.56 Å². The number of hydrogen-bond donors (Lipinski definition) is 0. The predicted molar refractivity (Wildman–Crippen MR) is 99.9 cm³/mol. The van der Waals surface area contributed by atoms with Gasteiger partial charge in [0.05, 0.1) is 10.9 Å². The molecule has 1 aromatic carbocycles. The van der Waals surface area contributed by atoms with Crippen molar-refractivity contribution in [3.8, 4) is 0 Å². The van der Waals surface area contributed by atoms with E-state index in [1.165, 1.54) is 17.3 Å². The summed E-state index contributed by atoms with van der Waals surface area (Å²) >= 11 is 7.13. The van der Waals surface area contributed by atoms with Crippen LogP contribution in [0.25, 0.3) is 16.7 Å². The first-order valence-electron chi connectivity index (χ1n) is 7.88. The number of hydrogen-bond acceptors (Lipinski definition) is 4. The number of aryl methyl sites for hydroxylation is 1. The van der Waals surface area contributed by atoms with Crippen LogP contribution in [0.15, 0.2) is 45.8 Å². The summed E-state index contributed by atoms with van der Waals surface area (Å²) < 4.78 is 3.70. The van der Waals surface area contributed by atoms with Gasteiger partial charge in [-0.25, -0.2) is 0 Å². The summed E-state index contributed by atoms with van der Waals surface area (Å²) in [5, 5.41) is 10.0. The van der Waals surface area contributed by atoms with E-state index in [4.69, 9.17) is 11.6 Å². The second-order valence-corrected chi connectivity index (χ2v) is 7.19. The SMILES string of the molecule is CC(C)CCn1c(=O)c2ccccc2n2c(SC/C=C/Cl)nnc12. The van der Waals surface area contributed by atoms with Gasteiger partial charge < -0.3 is 0 Å². The highest BCUT2D eigenvalue weighted by molar-refractivity contribution is 7.99. The second-order valence-electron chi connectivity index (χ2n) is 5.95. The molecule has 3 aromatic rings. The number of nitrogens with zero attached hydrogens (tertiary/aromatic N) is 4. The summed E-state index contributed by atoms with van der Waals surface area (Å²) in [7, 11) is 0. The molecule has 3 rings (SSSR count). The minimum atomic E-state index is -0.0108. The Morgan fingerprint density at radius 2 is 2.08 bits per heavy atom. The van der Waals surface area contributed by atoms with Crippen LogP contribution in [0.2, 0.25) is 0 Å². The fourth-order valence-electron chi connectivity index (χ4n) is 2.57. The number of thioether (sulfide) groups is 1. The van der Waals surface area contributed by atoms with Gasteiger partial charge in [0.2, 0.25) is 5.78 Å². The van der Waals surface area contributed by atoms with E-state index in [9.17, 15) is 4.79 Å². The van der Waals surface area contributed by atoms with Gasteiger partial charge in [-0.1, -0.05) is 55.4 Å². The van der Waals surface area contributed by atoms with Gasteiger partial charge in [-0.15, -0.1) is 10.2 Å². The van der Waals surface area contributed by atoms with Crippen molar-refractivity contribution < 1.29 is 0 Å². The molecule has 0 unspecified atom stereocenters. The predicted octanol–water partition coefficient (Wildman–Crippen LogP) is 3.93. The Morgan fingerprint density at radius 3 is 2.83 bits per heavy atom. The zero-order valence-corrected chi connectivity index (χ0v) is 15.2. The van der Waals surface area contributed by atoms with Crippen molar-refractivity contribution in [2.75, 3.05) is 5.75 Å². The molecule has 0 aliphatic carbocycles. The zero-order valence-electron chi connectivity index (χ0n) is 13.6. The van der Waals surface area contributed by atoms with E-state index in [2.05, 4.69) is 24.0 Å². The first kappa shape index (κ1) is 17.0. The van der Waals surface area contributed by atoms with Gasteiger partial charge in [-0.2, -0.15) is 0 Å². The van der Waals surface area contributed by atoms with Crippen molar-refractivity contribution >= 4 is 40.0 Å². The molecule has 0 spiro atoms. The normalized spacial score (nSPS) is 12.2. The number of aromatic nitrogens is 4. The number of benzene rings is 1. The molecular formula is C17H19ClN4OS. The summed E-state index contributed by atoms with van der Waals surface area (Å²) in [4.78, 5) is 12.9. The minimum absolute atomic E-state index is 0.0108. The van der Waals surface area contributed by atoms with Crippen LogP contribution < -0.4 is 5.56 Å². The molecule has 0 saturated heterocycles. The lowest BCUT2D eigenvalue weighted by Crippen LogP contribution is -2.24. The molecular weight excluding hydrogens is 344 g/mol. The summed E-state index contributed by atoms with van der Waals surface area (Å²) in [5.41, 5.74) is 2.32. The number of fused-ring (bicyclic) bond motifs is 3. The first-order chi connectivity index (χ1) is 11.6. The smallest absolute Gasteiger partial charge is 0.262 e. The van der Waals surface area contributed by atoms with E-state index < -0.39 is 0 Å². The first-order valence-corrected chi connectivity index (χ1v) is 9.30. The molecule has 0 bridgehead atoms. The number of halogens is 1. The highest BCUT2D eigenvalue weighted by atomic mass is 35.5. The van der Waals surface area contributed by atoms with Gasteiger partial charge in [0, 0.05) is 17.8 Å². The van der Waals surface area contributed by atoms with E-state index in [1.54, 1.807) is 4.57 Å².